The molecule has 2 N–H and O–H groups in total. The molecule has 9 nitrogen and oxygen atoms in total. The van der Waals surface area contributed by atoms with Crippen LogP contribution in [0.2, 0.25) is 0 Å². The number of benzene rings is 1. The Kier molecular flexibility index (Phi) is 8.78. The minimum Gasteiger partial charge on any atom is -0.367 e. The number of aromatic nitrogens is 4. The zero-order valence-corrected chi connectivity index (χ0v) is 20.9. The average molecular weight is 492 g/mol. The number of pyridine rings is 1. The Labute approximate surface area is 208 Å². The molecule has 1 aliphatic rings. The lowest BCUT2D eigenvalue weighted by molar-refractivity contribution is 0.102. The third-order valence-electron chi connectivity index (χ3n) is 5.38. The zero-order chi connectivity index (χ0) is 25.4. The molecular weight excluding hydrogens is 462 g/mol. The van der Waals surface area contributed by atoms with Gasteiger partial charge in [-0.1, -0.05) is 26.0 Å². The summed E-state index contributed by atoms with van der Waals surface area (Å²) in [6.07, 6.45) is 11.4. The molecule has 0 unspecified atom stereocenters. The van der Waals surface area contributed by atoms with Crippen LogP contribution in [0.1, 0.15) is 24.3 Å². The number of aryl methyl sites for hydroxylation is 1. The molecule has 0 spiro atoms. The van der Waals surface area contributed by atoms with E-state index in [1.165, 1.54) is 15.9 Å². The van der Waals surface area contributed by atoms with E-state index in [-0.39, 0.29) is 17.3 Å². The lowest BCUT2D eigenvalue weighted by atomic mass is 10.2. The Morgan fingerprint density at radius 1 is 1.11 bits per heavy atom. The highest BCUT2D eigenvalue weighted by molar-refractivity contribution is 7.12. The summed E-state index contributed by atoms with van der Waals surface area (Å²) < 4.78 is 3.11. The number of imidazole rings is 1. The number of para-hydroxylation sites is 2. The number of piperazine rings is 1. The van der Waals surface area contributed by atoms with Gasteiger partial charge in [0, 0.05) is 44.8 Å². The van der Waals surface area contributed by atoms with Gasteiger partial charge in [-0.2, -0.15) is 0 Å². The van der Waals surface area contributed by atoms with Gasteiger partial charge >= 0.3 is 5.69 Å². The number of nitrogens with zero attached hydrogens (tertiary/aromatic N) is 5. The van der Waals surface area contributed by atoms with Crippen molar-refractivity contribution in [2.45, 2.75) is 13.8 Å². The molecule has 1 aliphatic heterocycles. The van der Waals surface area contributed by atoms with Gasteiger partial charge in [0.25, 0.3) is 5.91 Å². The minimum atomic E-state index is -0.333. The number of anilines is 2. The standard InChI is InChI=1S/C21H21N7O2S.C2H6.C2H2/c1-26-17-4-2-3-5-18(17)28(21(26)30)20-25-15(13-31-20)19(29)24-14-12-23-7-6-16(14)27-10-8-22-9-11-27;2*1-2/h2-7,12-13,22H,8-11H2,1H3,(H,24,29);1-2H3;1-2H. The maximum atomic E-state index is 12.9. The van der Waals surface area contributed by atoms with Crippen molar-refractivity contribution in [1.82, 2.24) is 24.4 Å². The Morgan fingerprint density at radius 3 is 2.51 bits per heavy atom. The highest BCUT2D eigenvalue weighted by Gasteiger charge is 2.20. The minimum absolute atomic E-state index is 0.198. The van der Waals surface area contributed by atoms with Crippen molar-refractivity contribution in [2.75, 3.05) is 36.4 Å². The van der Waals surface area contributed by atoms with Gasteiger partial charge in [-0.3, -0.25) is 14.3 Å². The highest BCUT2D eigenvalue weighted by Crippen LogP contribution is 2.26. The predicted molar refractivity (Wildman–Crippen MR) is 143 cm³/mol. The average Bonchev–Trinajstić information content (AvgIpc) is 3.50. The van der Waals surface area contributed by atoms with E-state index in [1.54, 1.807) is 29.4 Å². The maximum Gasteiger partial charge on any atom is 0.335 e. The van der Waals surface area contributed by atoms with Crippen molar-refractivity contribution in [3.8, 4) is 18.0 Å². The van der Waals surface area contributed by atoms with Gasteiger partial charge in [-0.25, -0.2) is 14.3 Å². The third kappa shape index (κ3) is 5.26. The van der Waals surface area contributed by atoms with Crippen LogP contribution in [0.15, 0.2) is 52.9 Å². The molecule has 1 amide bonds. The molecule has 0 atom stereocenters. The molecule has 35 heavy (non-hydrogen) atoms. The number of hydrogen-bond acceptors (Lipinski definition) is 7. The summed E-state index contributed by atoms with van der Waals surface area (Å²) in [5, 5.41) is 8.38. The van der Waals surface area contributed by atoms with E-state index in [2.05, 4.69) is 38.3 Å². The first-order valence-electron chi connectivity index (χ1n) is 11.3. The summed E-state index contributed by atoms with van der Waals surface area (Å²) in [5.74, 6) is -0.333. The molecule has 1 fully saturated rings. The van der Waals surface area contributed by atoms with Crippen LogP contribution in [0.25, 0.3) is 16.2 Å². The van der Waals surface area contributed by atoms with E-state index in [1.807, 2.05) is 44.2 Å². The van der Waals surface area contributed by atoms with Crippen molar-refractivity contribution in [2.24, 2.45) is 7.05 Å². The van der Waals surface area contributed by atoms with Crippen LogP contribution < -0.4 is 21.2 Å². The molecule has 4 heterocycles. The summed E-state index contributed by atoms with van der Waals surface area (Å²) in [5.41, 5.74) is 3.21. The molecule has 0 radical (unpaired) electrons. The van der Waals surface area contributed by atoms with Crippen LogP contribution in [0.5, 0.6) is 0 Å². The molecule has 1 aromatic carbocycles. The molecule has 182 valence electrons. The quantitative estimate of drug-likeness (QED) is 0.426. The fourth-order valence-corrected chi connectivity index (χ4v) is 4.61. The lowest BCUT2D eigenvalue weighted by Gasteiger charge is -2.30. The van der Waals surface area contributed by atoms with Gasteiger partial charge in [0.2, 0.25) is 0 Å². The second-order valence-electron chi connectivity index (χ2n) is 7.27. The van der Waals surface area contributed by atoms with Crippen molar-refractivity contribution < 1.29 is 4.79 Å². The van der Waals surface area contributed by atoms with Gasteiger partial charge < -0.3 is 15.5 Å². The molecule has 0 aliphatic carbocycles. The van der Waals surface area contributed by atoms with E-state index in [4.69, 9.17) is 0 Å². The van der Waals surface area contributed by atoms with Gasteiger partial charge in [-0.15, -0.1) is 24.2 Å². The molecule has 10 heteroatoms. The number of nitrogens with one attached hydrogen (secondary N) is 2. The number of terminal acetylenes is 1. The molecule has 3 aromatic heterocycles. The SMILES string of the molecule is C#C.CC.Cn1c(=O)n(-c2nc(C(=O)Nc3cnccc3N3CCNCC3)cs2)c2ccccc21. The van der Waals surface area contributed by atoms with Crippen LogP contribution in [-0.4, -0.2) is 51.2 Å². The predicted octanol–water partition coefficient (Wildman–Crippen LogP) is 3.12. The number of carbonyl (C=O) groups excluding carboxylic acids is 1. The smallest absolute Gasteiger partial charge is 0.335 e. The van der Waals surface area contributed by atoms with E-state index in [0.29, 0.717) is 10.8 Å². The van der Waals surface area contributed by atoms with Gasteiger partial charge in [-0.05, 0) is 18.2 Å². The lowest BCUT2D eigenvalue weighted by Crippen LogP contribution is -2.43. The molecule has 4 aromatic rings. The van der Waals surface area contributed by atoms with Crippen LogP contribution in [-0.2, 0) is 7.05 Å². The number of amides is 1. The van der Waals surface area contributed by atoms with Gasteiger partial charge in [0.15, 0.2) is 5.13 Å². The van der Waals surface area contributed by atoms with Crippen LogP contribution >= 0.6 is 11.3 Å². The van der Waals surface area contributed by atoms with Crippen molar-refractivity contribution in [3.63, 3.8) is 0 Å². The number of fused-ring (bicyclic) bond motifs is 1. The third-order valence-corrected chi connectivity index (χ3v) is 6.21. The fraction of sp³-hybridized carbons (Fsp3) is 0.280. The Bertz CT molecular complexity index is 1360. The largest absolute Gasteiger partial charge is 0.367 e. The molecular formula is C25H29N7O2S. The number of thiazole rings is 1. The highest BCUT2D eigenvalue weighted by atomic mass is 32.1. The van der Waals surface area contributed by atoms with Crippen LogP contribution in [0.4, 0.5) is 11.4 Å². The first-order valence-corrected chi connectivity index (χ1v) is 12.2. The van der Waals surface area contributed by atoms with Crippen molar-refractivity contribution >= 4 is 39.7 Å². The van der Waals surface area contributed by atoms with Gasteiger partial charge in [0.1, 0.15) is 5.69 Å². The number of carbonyl (C=O) groups is 1. The van der Waals surface area contributed by atoms with Crippen LogP contribution in [0.3, 0.4) is 0 Å². The summed E-state index contributed by atoms with van der Waals surface area (Å²) in [6.45, 7) is 7.51. The summed E-state index contributed by atoms with van der Waals surface area (Å²) in [6, 6.07) is 9.42. The van der Waals surface area contributed by atoms with Crippen molar-refractivity contribution in [1.29, 1.82) is 0 Å². The zero-order valence-electron chi connectivity index (χ0n) is 20.1. The van der Waals surface area contributed by atoms with Gasteiger partial charge in [0.05, 0.1) is 28.6 Å². The van der Waals surface area contributed by atoms with Crippen molar-refractivity contribution in [3.05, 3.63) is 64.3 Å². The maximum absolute atomic E-state index is 12.9. The Hall–Kier alpha value is -3.94. The Morgan fingerprint density at radius 2 is 1.80 bits per heavy atom. The first kappa shape index (κ1) is 25.7. The molecule has 5 rings (SSSR count). The summed E-state index contributed by atoms with van der Waals surface area (Å²) in [7, 11) is 1.72. The topological polar surface area (TPSA) is 97.1 Å². The number of hydrogen-bond donors (Lipinski definition) is 2. The fourth-order valence-electron chi connectivity index (χ4n) is 3.80. The molecule has 0 bridgehead atoms. The molecule has 0 saturated carbocycles. The monoisotopic (exact) mass is 491 g/mol. The first-order chi connectivity index (χ1) is 17.1. The van der Waals surface area contributed by atoms with Crippen LogP contribution in [0, 0.1) is 12.8 Å². The second kappa shape index (κ2) is 12.0. The summed E-state index contributed by atoms with van der Waals surface area (Å²) in [4.78, 5) is 36.5. The summed E-state index contributed by atoms with van der Waals surface area (Å²) >= 11 is 1.26. The van der Waals surface area contributed by atoms with E-state index in [9.17, 15) is 9.59 Å². The Balaban J connectivity index is 0.000000815. The second-order valence-corrected chi connectivity index (χ2v) is 8.10. The van der Waals surface area contributed by atoms with E-state index >= 15 is 0 Å². The van der Waals surface area contributed by atoms with E-state index in [0.717, 1.165) is 42.9 Å². The number of rotatable bonds is 4. The molecule has 1 saturated heterocycles. The van der Waals surface area contributed by atoms with E-state index < -0.39 is 0 Å². The normalized spacial score (nSPS) is 12.8.